The molecule has 0 bridgehead atoms. The first-order valence-corrected chi connectivity index (χ1v) is 6.69. The number of hydrogen-bond acceptors (Lipinski definition) is 3. The number of anilines is 1. The summed E-state index contributed by atoms with van der Waals surface area (Å²) in [5, 5.41) is 3.61. The standard InChI is InChI=1S/C13H16N2S/c14-12-5-3-4-11-10(9-16-13(11)12)8-15-6-1-2-7-15/h3-5,9H,1-2,6-8,14H2. The van der Waals surface area contributed by atoms with Crippen molar-refractivity contribution in [1.82, 2.24) is 4.90 Å². The molecule has 1 fully saturated rings. The number of nitrogen functional groups attached to an aromatic ring is 1. The summed E-state index contributed by atoms with van der Waals surface area (Å²) in [4.78, 5) is 2.53. The summed E-state index contributed by atoms with van der Waals surface area (Å²) in [7, 11) is 0. The van der Waals surface area contributed by atoms with Crippen molar-refractivity contribution >= 4 is 27.1 Å². The predicted octanol–water partition coefficient (Wildman–Crippen LogP) is 3.08. The molecule has 2 aromatic rings. The molecular weight excluding hydrogens is 216 g/mol. The van der Waals surface area contributed by atoms with Gasteiger partial charge >= 0.3 is 0 Å². The van der Waals surface area contributed by atoms with Crippen molar-refractivity contribution in [2.45, 2.75) is 19.4 Å². The number of thiophene rings is 1. The number of likely N-dealkylation sites (tertiary alicyclic amines) is 1. The van der Waals surface area contributed by atoms with Gasteiger partial charge in [-0.1, -0.05) is 12.1 Å². The topological polar surface area (TPSA) is 29.3 Å². The highest BCUT2D eigenvalue weighted by Crippen LogP contribution is 2.31. The van der Waals surface area contributed by atoms with E-state index in [0.717, 1.165) is 12.2 Å². The maximum atomic E-state index is 5.97. The largest absolute Gasteiger partial charge is 0.398 e. The zero-order valence-electron chi connectivity index (χ0n) is 9.28. The van der Waals surface area contributed by atoms with Gasteiger partial charge in [0.15, 0.2) is 0 Å². The van der Waals surface area contributed by atoms with Crippen molar-refractivity contribution in [3.05, 3.63) is 29.1 Å². The fourth-order valence-corrected chi connectivity index (χ4v) is 3.43. The first-order chi connectivity index (χ1) is 7.84. The molecule has 0 spiro atoms. The number of benzene rings is 1. The molecule has 0 atom stereocenters. The van der Waals surface area contributed by atoms with Crippen molar-refractivity contribution in [3.63, 3.8) is 0 Å². The molecule has 2 heterocycles. The minimum absolute atomic E-state index is 0.912. The molecule has 1 aliphatic heterocycles. The van der Waals surface area contributed by atoms with Crippen molar-refractivity contribution in [2.24, 2.45) is 0 Å². The number of fused-ring (bicyclic) bond motifs is 1. The van der Waals surface area contributed by atoms with E-state index in [2.05, 4.69) is 22.4 Å². The van der Waals surface area contributed by atoms with Crippen LogP contribution in [0.15, 0.2) is 23.6 Å². The molecule has 16 heavy (non-hydrogen) atoms. The molecular formula is C13H16N2S. The first kappa shape index (κ1) is 10.1. The van der Waals surface area contributed by atoms with Gasteiger partial charge in [-0.15, -0.1) is 11.3 Å². The van der Waals surface area contributed by atoms with Gasteiger partial charge < -0.3 is 5.73 Å². The summed E-state index contributed by atoms with van der Waals surface area (Å²) in [5.74, 6) is 0. The van der Waals surface area contributed by atoms with Crippen LogP contribution in [0.4, 0.5) is 5.69 Å². The lowest BCUT2D eigenvalue weighted by Crippen LogP contribution is -2.17. The number of hydrogen-bond donors (Lipinski definition) is 1. The van der Waals surface area contributed by atoms with Crippen LogP contribution in [0.2, 0.25) is 0 Å². The van der Waals surface area contributed by atoms with Crippen molar-refractivity contribution in [2.75, 3.05) is 18.8 Å². The van der Waals surface area contributed by atoms with Crippen molar-refractivity contribution in [1.29, 1.82) is 0 Å². The highest BCUT2D eigenvalue weighted by molar-refractivity contribution is 7.18. The lowest BCUT2D eigenvalue weighted by molar-refractivity contribution is 0.333. The maximum Gasteiger partial charge on any atom is 0.0575 e. The lowest BCUT2D eigenvalue weighted by Gasteiger charge is -2.13. The van der Waals surface area contributed by atoms with Crippen molar-refractivity contribution < 1.29 is 0 Å². The second-order valence-electron chi connectivity index (χ2n) is 4.47. The van der Waals surface area contributed by atoms with E-state index in [1.54, 1.807) is 11.3 Å². The van der Waals surface area contributed by atoms with Crippen LogP contribution in [0.5, 0.6) is 0 Å². The number of nitrogens with zero attached hydrogens (tertiary/aromatic N) is 1. The van der Waals surface area contributed by atoms with Crippen LogP contribution in [0.1, 0.15) is 18.4 Å². The van der Waals surface area contributed by atoms with E-state index >= 15 is 0 Å². The van der Waals surface area contributed by atoms with E-state index in [-0.39, 0.29) is 0 Å². The Morgan fingerprint density at radius 2 is 2.06 bits per heavy atom. The molecule has 3 heteroatoms. The van der Waals surface area contributed by atoms with Crippen LogP contribution in [0.3, 0.4) is 0 Å². The summed E-state index contributed by atoms with van der Waals surface area (Å²) in [6.45, 7) is 3.59. The Labute approximate surface area is 99.7 Å². The van der Waals surface area contributed by atoms with Gasteiger partial charge in [0.1, 0.15) is 0 Å². The highest BCUT2D eigenvalue weighted by atomic mass is 32.1. The normalized spacial score (nSPS) is 17.2. The molecule has 2 nitrogen and oxygen atoms in total. The van der Waals surface area contributed by atoms with Gasteiger partial charge in [0.2, 0.25) is 0 Å². The van der Waals surface area contributed by atoms with E-state index in [4.69, 9.17) is 5.73 Å². The Morgan fingerprint density at radius 3 is 2.88 bits per heavy atom. The highest BCUT2D eigenvalue weighted by Gasteiger charge is 2.14. The van der Waals surface area contributed by atoms with Crippen LogP contribution < -0.4 is 5.73 Å². The lowest BCUT2D eigenvalue weighted by atomic mass is 10.1. The minimum Gasteiger partial charge on any atom is -0.398 e. The summed E-state index contributed by atoms with van der Waals surface area (Å²) >= 11 is 1.77. The van der Waals surface area contributed by atoms with Crippen LogP contribution in [-0.2, 0) is 6.54 Å². The molecule has 0 saturated carbocycles. The van der Waals surface area contributed by atoms with E-state index < -0.39 is 0 Å². The predicted molar refractivity (Wildman–Crippen MR) is 70.7 cm³/mol. The fourth-order valence-electron chi connectivity index (χ4n) is 2.44. The third-order valence-electron chi connectivity index (χ3n) is 3.30. The molecule has 0 unspecified atom stereocenters. The van der Waals surface area contributed by atoms with Gasteiger partial charge in [0.25, 0.3) is 0 Å². The third-order valence-corrected chi connectivity index (χ3v) is 4.40. The summed E-state index contributed by atoms with van der Waals surface area (Å²) in [6, 6.07) is 6.23. The summed E-state index contributed by atoms with van der Waals surface area (Å²) in [5.41, 5.74) is 8.33. The summed E-state index contributed by atoms with van der Waals surface area (Å²) in [6.07, 6.45) is 2.70. The molecule has 0 radical (unpaired) electrons. The van der Waals surface area contributed by atoms with Crippen LogP contribution in [0.25, 0.3) is 10.1 Å². The van der Waals surface area contributed by atoms with Gasteiger partial charge in [-0.2, -0.15) is 0 Å². The van der Waals surface area contributed by atoms with E-state index in [1.165, 1.54) is 41.6 Å². The number of nitrogens with two attached hydrogens (primary N) is 1. The monoisotopic (exact) mass is 232 g/mol. The van der Waals surface area contributed by atoms with Crippen molar-refractivity contribution in [3.8, 4) is 0 Å². The Balaban J connectivity index is 1.94. The molecule has 1 saturated heterocycles. The Bertz CT molecular complexity index is 498. The Hall–Kier alpha value is -1.06. The number of rotatable bonds is 2. The smallest absolute Gasteiger partial charge is 0.0575 e. The van der Waals surface area contributed by atoms with E-state index in [1.807, 2.05) is 6.07 Å². The summed E-state index contributed by atoms with van der Waals surface area (Å²) < 4.78 is 1.25. The van der Waals surface area contributed by atoms with Gasteiger partial charge in [-0.05, 0) is 48.3 Å². The molecule has 1 aliphatic rings. The molecule has 0 aliphatic carbocycles. The zero-order valence-corrected chi connectivity index (χ0v) is 10.1. The second-order valence-corrected chi connectivity index (χ2v) is 5.35. The molecule has 84 valence electrons. The molecule has 1 aromatic heterocycles. The van der Waals surface area contributed by atoms with E-state index in [0.29, 0.717) is 0 Å². The molecule has 2 N–H and O–H groups in total. The first-order valence-electron chi connectivity index (χ1n) is 5.81. The van der Waals surface area contributed by atoms with E-state index in [9.17, 15) is 0 Å². The minimum atomic E-state index is 0.912. The van der Waals surface area contributed by atoms with Crippen LogP contribution in [0, 0.1) is 0 Å². The zero-order chi connectivity index (χ0) is 11.0. The van der Waals surface area contributed by atoms with Gasteiger partial charge in [-0.25, -0.2) is 0 Å². The van der Waals surface area contributed by atoms with Crippen LogP contribution in [-0.4, -0.2) is 18.0 Å². The van der Waals surface area contributed by atoms with Gasteiger partial charge in [-0.3, -0.25) is 4.90 Å². The Kier molecular flexibility index (Phi) is 2.58. The van der Waals surface area contributed by atoms with Gasteiger partial charge in [0.05, 0.1) is 4.70 Å². The quantitative estimate of drug-likeness (QED) is 0.806. The Morgan fingerprint density at radius 1 is 1.25 bits per heavy atom. The maximum absolute atomic E-state index is 5.97. The fraction of sp³-hybridized carbons (Fsp3) is 0.385. The molecule has 0 amide bonds. The SMILES string of the molecule is Nc1cccc2c(CN3CCCC3)csc12. The average molecular weight is 232 g/mol. The second kappa shape index (κ2) is 4.07. The van der Waals surface area contributed by atoms with Crippen LogP contribution >= 0.6 is 11.3 Å². The average Bonchev–Trinajstić information content (AvgIpc) is 2.90. The molecule has 1 aromatic carbocycles. The van der Waals surface area contributed by atoms with Gasteiger partial charge in [0, 0.05) is 12.2 Å². The third kappa shape index (κ3) is 1.70. The molecule has 3 rings (SSSR count).